The molecule has 0 aliphatic heterocycles. The highest BCUT2D eigenvalue weighted by Gasteiger charge is 2.13. The van der Waals surface area contributed by atoms with Crippen LogP contribution >= 0.6 is 27.7 Å². The van der Waals surface area contributed by atoms with Crippen LogP contribution in [0, 0.1) is 0 Å². The Kier molecular flexibility index (Phi) is 5.63. The van der Waals surface area contributed by atoms with E-state index in [1.54, 1.807) is 0 Å². The first-order valence-corrected chi connectivity index (χ1v) is 8.03. The minimum atomic E-state index is -0.878. The number of benzene rings is 1. The van der Waals surface area contributed by atoms with E-state index >= 15 is 0 Å². The fraction of sp³-hybridized carbons (Fsp3) is 0.308. The van der Waals surface area contributed by atoms with Crippen molar-refractivity contribution in [3.8, 4) is 5.75 Å². The summed E-state index contributed by atoms with van der Waals surface area (Å²) in [5, 5.41) is 17.4. The van der Waals surface area contributed by atoms with E-state index in [1.807, 2.05) is 35.8 Å². The summed E-state index contributed by atoms with van der Waals surface area (Å²) in [4.78, 5) is 10.6. The van der Waals surface area contributed by atoms with Gasteiger partial charge < -0.3 is 14.4 Å². The number of carbonyl (C=O) groups is 1. The van der Waals surface area contributed by atoms with Crippen LogP contribution in [0.4, 0.5) is 0 Å². The number of hydrogen-bond acceptors (Lipinski definition) is 5. The topological polar surface area (TPSA) is 77.2 Å². The molecule has 0 atom stereocenters. The number of ether oxygens (including phenoxy) is 1. The fourth-order valence-electron chi connectivity index (χ4n) is 1.68. The molecule has 2 aromatic rings. The van der Waals surface area contributed by atoms with E-state index in [9.17, 15) is 4.79 Å². The molecule has 0 radical (unpaired) electrons. The summed E-state index contributed by atoms with van der Waals surface area (Å²) in [6, 6.07) is 7.55. The summed E-state index contributed by atoms with van der Waals surface area (Å²) >= 11 is 4.56. The Bertz CT molecular complexity index is 633. The van der Waals surface area contributed by atoms with Gasteiger partial charge in [0.1, 0.15) is 12.4 Å². The van der Waals surface area contributed by atoms with E-state index in [1.165, 1.54) is 0 Å². The Morgan fingerprint density at radius 2 is 2.19 bits per heavy atom. The second kappa shape index (κ2) is 7.46. The maximum absolute atomic E-state index is 10.6. The summed E-state index contributed by atoms with van der Waals surface area (Å²) in [5.74, 6) is 0.476. The van der Waals surface area contributed by atoms with Crippen LogP contribution in [0.15, 0.2) is 33.9 Å². The Balaban J connectivity index is 2.06. The summed E-state index contributed by atoms with van der Waals surface area (Å²) in [6.45, 7) is 2.89. The number of nitrogens with zero attached hydrogens (tertiary/aromatic N) is 3. The SMILES string of the molecule is CCn1c(COc2ccccc2Br)nnc1SCC(=O)O. The van der Waals surface area contributed by atoms with E-state index in [0.717, 1.165) is 22.0 Å². The molecule has 0 saturated carbocycles. The van der Waals surface area contributed by atoms with Crippen molar-refractivity contribution in [3.63, 3.8) is 0 Å². The molecule has 2 rings (SSSR count). The summed E-state index contributed by atoms with van der Waals surface area (Å²) in [6.07, 6.45) is 0. The quantitative estimate of drug-likeness (QED) is 0.754. The first-order chi connectivity index (χ1) is 10.1. The fourth-order valence-corrected chi connectivity index (χ4v) is 2.82. The number of carboxylic acid groups (broad SMARTS) is 1. The lowest BCUT2D eigenvalue weighted by Gasteiger charge is -2.09. The molecular formula is C13H14BrN3O3S. The Morgan fingerprint density at radius 3 is 2.86 bits per heavy atom. The third kappa shape index (κ3) is 4.21. The summed E-state index contributed by atoms with van der Waals surface area (Å²) in [7, 11) is 0. The number of rotatable bonds is 7. The van der Waals surface area contributed by atoms with Crippen LogP contribution in [-0.4, -0.2) is 31.6 Å². The molecule has 0 fully saturated rings. The lowest BCUT2D eigenvalue weighted by Crippen LogP contribution is -2.08. The van der Waals surface area contributed by atoms with E-state index < -0.39 is 5.97 Å². The van der Waals surface area contributed by atoms with Crippen LogP contribution in [0.2, 0.25) is 0 Å². The first kappa shape index (κ1) is 15.8. The average molecular weight is 372 g/mol. The molecule has 1 aromatic carbocycles. The highest BCUT2D eigenvalue weighted by atomic mass is 79.9. The second-order valence-corrected chi connectivity index (χ2v) is 5.84. The minimum Gasteiger partial charge on any atom is -0.484 e. The molecule has 0 aliphatic carbocycles. The van der Waals surface area contributed by atoms with Gasteiger partial charge in [-0.1, -0.05) is 23.9 Å². The van der Waals surface area contributed by atoms with Crippen LogP contribution in [0.3, 0.4) is 0 Å². The van der Waals surface area contributed by atoms with Gasteiger partial charge in [0.25, 0.3) is 0 Å². The average Bonchev–Trinajstić information content (AvgIpc) is 2.86. The van der Waals surface area contributed by atoms with E-state index in [0.29, 0.717) is 17.5 Å². The van der Waals surface area contributed by atoms with E-state index in [4.69, 9.17) is 9.84 Å². The van der Waals surface area contributed by atoms with Crippen molar-refractivity contribution in [2.24, 2.45) is 0 Å². The van der Waals surface area contributed by atoms with Crippen molar-refractivity contribution in [2.75, 3.05) is 5.75 Å². The molecule has 0 spiro atoms. The zero-order valence-corrected chi connectivity index (χ0v) is 13.7. The molecule has 8 heteroatoms. The van der Waals surface area contributed by atoms with Crippen LogP contribution in [-0.2, 0) is 17.9 Å². The van der Waals surface area contributed by atoms with E-state index in [-0.39, 0.29) is 12.4 Å². The molecule has 0 amide bonds. The maximum atomic E-state index is 10.6. The van der Waals surface area contributed by atoms with Gasteiger partial charge in [0.15, 0.2) is 11.0 Å². The van der Waals surface area contributed by atoms with Crippen molar-refractivity contribution in [3.05, 3.63) is 34.6 Å². The normalized spacial score (nSPS) is 10.6. The standard InChI is InChI=1S/C13H14BrN3O3S/c1-2-17-11(15-16-13(17)21-8-12(18)19)7-20-10-6-4-3-5-9(10)14/h3-6H,2,7-8H2,1H3,(H,18,19). The van der Waals surface area contributed by atoms with Gasteiger partial charge in [0.05, 0.1) is 10.2 Å². The monoisotopic (exact) mass is 371 g/mol. The third-order valence-electron chi connectivity index (χ3n) is 2.63. The Morgan fingerprint density at radius 1 is 1.43 bits per heavy atom. The van der Waals surface area contributed by atoms with Crippen molar-refractivity contribution in [1.82, 2.24) is 14.8 Å². The van der Waals surface area contributed by atoms with E-state index in [2.05, 4.69) is 26.1 Å². The summed E-state index contributed by atoms with van der Waals surface area (Å²) < 4.78 is 8.43. The smallest absolute Gasteiger partial charge is 0.313 e. The second-order valence-electron chi connectivity index (χ2n) is 4.04. The number of aliphatic carboxylic acids is 1. The number of carboxylic acids is 1. The first-order valence-electron chi connectivity index (χ1n) is 6.25. The van der Waals surface area contributed by atoms with Crippen LogP contribution in [0.5, 0.6) is 5.75 Å². The third-order valence-corrected chi connectivity index (χ3v) is 4.23. The number of thioether (sulfide) groups is 1. The Hall–Kier alpha value is -1.54. The van der Waals surface area contributed by atoms with Gasteiger partial charge in [-0.15, -0.1) is 10.2 Å². The molecule has 6 nitrogen and oxygen atoms in total. The van der Waals surface area contributed by atoms with Crippen molar-refractivity contribution < 1.29 is 14.6 Å². The molecule has 0 bridgehead atoms. The molecule has 1 aromatic heterocycles. The number of halogens is 1. The molecule has 21 heavy (non-hydrogen) atoms. The van der Waals surface area contributed by atoms with Gasteiger partial charge in [-0.25, -0.2) is 0 Å². The molecule has 112 valence electrons. The largest absolute Gasteiger partial charge is 0.484 e. The lowest BCUT2D eigenvalue weighted by molar-refractivity contribution is -0.133. The van der Waals surface area contributed by atoms with Gasteiger partial charge in [0, 0.05) is 6.54 Å². The minimum absolute atomic E-state index is 0.0385. The van der Waals surface area contributed by atoms with Gasteiger partial charge in [-0.05, 0) is 35.0 Å². The number of hydrogen-bond donors (Lipinski definition) is 1. The van der Waals surface area contributed by atoms with Crippen LogP contribution in [0.25, 0.3) is 0 Å². The molecular weight excluding hydrogens is 358 g/mol. The number of para-hydroxylation sites is 1. The van der Waals surface area contributed by atoms with Gasteiger partial charge in [-0.2, -0.15) is 0 Å². The zero-order valence-electron chi connectivity index (χ0n) is 11.3. The van der Waals surface area contributed by atoms with Gasteiger partial charge >= 0.3 is 5.97 Å². The predicted molar refractivity (Wildman–Crippen MR) is 82.5 cm³/mol. The van der Waals surface area contributed by atoms with Crippen LogP contribution in [0.1, 0.15) is 12.7 Å². The Labute approximate surface area is 134 Å². The highest BCUT2D eigenvalue weighted by Crippen LogP contribution is 2.25. The molecule has 1 N–H and O–H groups in total. The maximum Gasteiger partial charge on any atom is 0.313 e. The molecule has 1 heterocycles. The molecule has 0 unspecified atom stereocenters. The highest BCUT2D eigenvalue weighted by molar-refractivity contribution is 9.10. The number of aromatic nitrogens is 3. The van der Waals surface area contributed by atoms with Crippen LogP contribution < -0.4 is 4.74 Å². The molecule has 0 saturated heterocycles. The zero-order chi connectivity index (χ0) is 15.2. The van der Waals surface area contributed by atoms with Crippen molar-refractivity contribution in [2.45, 2.75) is 25.2 Å². The van der Waals surface area contributed by atoms with Gasteiger partial charge in [0.2, 0.25) is 0 Å². The summed E-state index contributed by atoms with van der Waals surface area (Å²) in [5.41, 5.74) is 0. The van der Waals surface area contributed by atoms with Gasteiger partial charge in [-0.3, -0.25) is 4.79 Å². The lowest BCUT2D eigenvalue weighted by atomic mass is 10.3. The molecule has 0 aliphatic rings. The van der Waals surface area contributed by atoms with Crippen molar-refractivity contribution in [1.29, 1.82) is 0 Å². The predicted octanol–water partition coefficient (Wildman–Crippen LogP) is 2.82. The van der Waals surface area contributed by atoms with Crippen molar-refractivity contribution >= 4 is 33.7 Å².